The molecule has 0 aliphatic carbocycles. The second kappa shape index (κ2) is 9.15. The van der Waals surface area contributed by atoms with Gasteiger partial charge in [0, 0.05) is 43.9 Å². The molecule has 5 nitrogen and oxygen atoms in total. The van der Waals surface area contributed by atoms with Crippen LogP contribution in [0.15, 0.2) is 148 Å². The minimum absolute atomic E-state index is 0.608. The normalized spacial score (nSPS) is 12.0. The highest BCUT2D eigenvalue weighted by molar-refractivity contribution is 6.17. The van der Waals surface area contributed by atoms with Crippen LogP contribution in [0.4, 0.5) is 0 Å². The first kappa shape index (κ1) is 24.3. The van der Waals surface area contributed by atoms with Crippen LogP contribution in [0, 0.1) is 0 Å². The van der Waals surface area contributed by atoms with Crippen molar-refractivity contribution in [1.29, 1.82) is 0 Å². The average molecular weight is 578 g/mol. The first-order valence-electron chi connectivity index (χ1n) is 15.0. The van der Waals surface area contributed by atoms with Crippen LogP contribution in [0.2, 0.25) is 0 Å². The average Bonchev–Trinajstić information content (AvgIpc) is 3.76. The summed E-state index contributed by atoms with van der Waals surface area (Å²) in [5, 5.41) is 6.54. The van der Waals surface area contributed by atoms with Crippen molar-refractivity contribution in [2.24, 2.45) is 0 Å². The first-order chi connectivity index (χ1) is 22.3. The van der Waals surface area contributed by atoms with E-state index in [0.29, 0.717) is 5.82 Å². The van der Waals surface area contributed by atoms with Crippen molar-refractivity contribution in [2.45, 2.75) is 0 Å². The standard InChI is InChI=1S/C40H23N3O2/c1-2-11-24(12-3-1)32-23-38(42-40(41-32)29-17-10-16-28-26-14-5-9-20-36(26)45-39(28)29)43-33-18-7-4-13-25(33)30-22-37-31(21-34(30)43)27-15-6-8-19-35(27)44-37/h1-23H. The molecule has 10 rings (SSSR count). The highest BCUT2D eigenvalue weighted by Gasteiger charge is 2.20. The monoisotopic (exact) mass is 577 g/mol. The summed E-state index contributed by atoms with van der Waals surface area (Å²) in [7, 11) is 0. The van der Waals surface area contributed by atoms with Crippen LogP contribution >= 0.6 is 0 Å². The third-order valence-electron chi connectivity index (χ3n) is 8.83. The number of hydrogen-bond acceptors (Lipinski definition) is 4. The fraction of sp³-hybridized carbons (Fsp3) is 0. The second-order valence-corrected chi connectivity index (χ2v) is 11.4. The summed E-state index contributed by atoms with van der Waals surface area (Å²) in [6.07, 6.45) is 0. The Kier molecular flexibility index (Phi) is 4.93. The molecule has 45 heavy (non-hydrogen) atoms. The third kappa shape index (κ3) is 3.55. The van der Waals surface area contributed by atoms with Crippen molar-refractivity contribution in [3.8, 4) is 28.5 Å². The number of rotatable bonds is 3. The Bertz CT molecular complexity index is 2770. The van der Waals surface area contributed by atoms with E-state index in [1.54, 1.807) is 0 Å². The van der Waals surface area contributed by atoms with Gasteiger partial charge in [0.1, 0.15) is 28.1 Å². The molecule has 0 N–H and O–H groups in total. The van der Waals surface area contributed by atoms with E-state index in [1.807, 2.05) is 54.6 Å². The quantitative estimate of drug-likeness (QED) is 0.210. The van der Waals surface area contributed by atoms with Gasteiger partial charge in [0.25, 0.3) is 0 Å². The molecule has 0 radical (unpaired) electrons. The summed E-state index contributed by atoms with van der Waals surface area (Å²) in [5.41, 5.74) is 8.21. The lowest BCUT2D eigenvalue weighted by molar-refractivity contribution is 0.669. The summed E-state index contributed by atoms with van der Waals surface area (Å²) in [6, 6.07) is 47.8. The predicted molar refractivity (Wildman–Crippen MR) is 182 cm³/mol. The first-order valence-corrected chi connectivity index (χ1v) is 15.0. The van der Waals surface area contributed by atoms with Crippen molar-refractivity contribution in [3.63, 3.8) is 0 Å². The highest BCUT2D eigenvalue weighted by Crippen LogP contribution is 2.40. The molecule has 0 amide bonds. The lowest BCUT2D eigenvalue weighted by Crippen LogP contribution is -2.02. The third-order valence-corrected chi connectivity index (χ3v) is 8.83. The molecule has 4 heterocycles. The summed E-state index contributed by atoms with van der Waals surface area (Å²) in [4.78, 5) is 10.4. The van der Waals surface area contributed by atoms with Crippen LogP contribution in [-0.4, -0.2) is 14.5 Å². The number of para-hydroxylation sites is 4. The minimum atomic E-state index is 0.608. The van der Waals surface area contributed by atoms with Crippen molar-refractivity contribution in [1.82, 2.24) is 14.5 Å². The maximum atomic E-state index is 6.44. The van der Waals surface area contributed by atoms with Gasteiger partial charge >= 0.3 is 0 Å². The van der Waals surface area contributed by atoms with Gasteiger partial charge in [-0.05, 0) is 36.4 Å². The minimum Gasteiger partial charge on any atom is -0.456 e. The number of fused-ring (bicyclic) bond motifs is 9. The van der Waals surface area contributed by atoms with Crippen molar-refractivity contribution in [2.75, 3.05) is 0 Å². The fourth-order valence-corrected chi connectivity index (χ4v) is 6.78. The Morgan fingerprint density at radius 3 is 1.98 bits per heavy atom. The Labute approximate surface area is 256 Å². The van der Waals surface area contributed by atoms with Crippen molar-refractivity contribution < 1.29 is 8.83 Å². The van der Waals surface area contributed by atoms with Crippen LogP contribution in [-0.2, 0) is 0 Å². The van der Waals surface area contributed by atoms with E-state index >= 15 is 0 Å². The zero-order chi connectivity index (χ0) is 29.5. The molecule has 0 aliphatic rings. The van der Waals surface area contributed by atoms with Gasteiger partial charge in [0.05, 0.1) is 22.3 Å². The van der Waals surface area contributed by atoms with E-state index in [4.69, 9.17) is 18.8 Å². The predicted octanol–water partition coefficient (Wildman–Crippen LogP) is 10.7. The molecule has 4 aromatic heterocycles. The lowest BCUT2D eigenvalue weighted by atomic mass is 10.1. The van der Waals surface area contributed by atoms with Gasteiger partial charge in [-0.2, -0.15) is 0 Å². The van der Waals surface area contributed by atoms with E-state index < -0.39 is 0 Å². The largest absolute Gasteiger partial charge is 0.456 e. The van der Waals surface area contributed by atoms with Gasteiger partial charge in [-0.3, -0.25) is 4.57 Å². The summed E-state index contributed by atoms with van der Waals surface area (Å²) in [5.74, 6) is 1.39. The Balaban J connectivity index is 1.31. The second-order valence-electron chi connectivity index (χ2n) is 11.4. The van der Waals surface area contributed by atoms with Gasteiger partial charge in [-0.1, -0.05) is 97.1 Å². The molecule has 0 unspecified atom stereocenters. The van der Waals surface area contributed by atoms with E-state index in [0.717, 1.165) is 88.3 Å². The molecule has 0 fully saturated rings. The number of aromatic nitrogens is 3. The van der Waals surface area contributed by atoms with Gasteiger partial charge in [-0.25, -0.2) is 9.97 Å². The number of hydrogen-bond donors (Lipinski definition) is 0. The van der Waals surface area contributed by atoms with Gasteiger partial charge in [0.2, 0.25) is 0 Å². The van der Waals surface area contributed by atoms with E-state index in [-0.39, 0.29) is 0 Å². The van der Waals surface area contributed by atoms with Crippen LogP contribution in [0.5, 0.6) is 0 Å². The van der Waals surface area contributed by atoms with Crippen LogP contribution < -0.4 is 0 Å². The zero-order valence-electron chi connectivity index (χ0n) is 23.9. The molecular formula is C40H23N3O2. The maximum Gasteiger partial charge on any atom is 0.165 e. The number of benzene rings is 6. The molecular weight excluding hydrogens is 554 g/mol. The number of nitrogens with zero attached hydrogens (tertiary/aromatic N) is 3. The van der Waals surface area contributed by atoms with Crippen LogP contribution in [0.3, 0.4) is 0 Å². The molecule has 0 atom stereocenters. The molecule has 5 heteroatoms. The molecule has 210 valence electrons. The van der Waals surface area contributed by atoms with Crippen LogP contribution in [0.1, 0.15) is 0 Å². The summed E-state index contributed by atoms with van der Waals surface area (Å²) < 4.78 is 15.0. The van der Waals surface area contributed by atoms with Gasteiger partial charge in [0.15, 0.2) is 5.82 Å². The maximum absolute atomic E-state index is 6.44. The van der Waals surface area contributed by atoms with E-state index in [1.165, 1.54) is 0 Å². The smallest absolute Gasteiger partial charge is 0.165 e. The summed E-state index contributed by atoms with van der Waals surface area (Å²) >= 11 is 0. The molecule has 0 saturated heterocycles. The molecule has 0 aliphatic heterocycles. The summed E-state index contributed by atoms with van der Waals surface area (Å²) in [6.45, 7) is 0. The topological polar surface area (TPSA) is 57.0 Å². The van der Waals surface area contributed by atoms with Gasteiger partial charge < -0.3 is 8.83 Å². The molecule has 6 aromatic carbocycles. The molecule has 0 saturated carbocycles. The molecule has 10 aromatic rings. The van der Waals surface area contributed by atoms with Crippen LogP contribution in [0.25, 0.3) is 94.1 Å². The Morgan fingerprint density at radius 1 is 0.444 bits per heavy atom. The van der Waals surface area contributed by atoms with E-state index in [9.17, 15) is 0 Å². The molecule has 0 spiro atoms. The molecule has 0 bridgehead atoms. The van der Waals surface area contributed by atoms with E-state index in [2.05, 4.69) is 89.5 Å². The SMILES string of the molecule is c1ccc(-c2cc(-n3c4ccccc4c4cc5oc6ccccc6c5cc43)nc(-c3cccc4c3oc3ccccc34)n2)cc1. The lowest BCUT2D eigenvalue weighted by Gasteiger charge is -2.12. The number of furan rings is 2. The zero-order valence-corrected chi connectivity index (χ0v) is 23.9. The van der Waals surface area contributed by atoms with Gasteiger partial charge in [-0.15, -0.1) is 0 Å². The Hall–Kier alpha value is -6.20. The van der Waals surface area contributed by atoms with Crippen molar-refractivity contribution >= 4 is 65.7 Å². The fourth-order valence-electron chi connectivity index (χ4n) is 6.78. The van der Waals surface area contributed by atoms with Crippen molar-refractivity contribution in [3.05, 3.63) is 140 Å². The Morgan fingerprint density at radius 2 is 1.13 bits per heavy atom. The highest BCUT2D eigenvalue weighted by atomic mass is 16.3.